The van der Waals surface area contributed by atoms with Gasteiger partial charge in [0.05, 0.1) is 20.8 Å². The molecule has 0 spiro atoms. The van der Waals surface area contributed by atoms with Crippen molar-refractivity contribution in [3.8, 4) is 11.5 Å². The van der Waals surface area contributed by atoms with Crippen molar-refractivity contribution in [1.29, 1.82) is 0 Å². The van der Waals surface area contributed by atoms with Gasteiger partial charge in [0.15, 0.2) is 5.96 Å². The van der Waals surface area contributed by atoms with Crippen LogP contribution in [0.25, 0.3) is 0 Å². The number of hydrogen-bond acceptors (Lipinski definition) is 5. The van der Waals surface area contributed by atoms with Gasteiger partial charge in [0.2, 0.25) is 0 Å². The first kappa shape index (κ1) is 23.1. The third-order valence-electron chi connectivity index (χ3n) is 3.16. The van der Waals surface area contributed by atoms with Gasteiger partial charge >= 0.3 is 0 Å². The van der Waals surface area contributed by atoms with Crippen molar-refractivity contribution in [2.45, 2.75) is 13.0 Å². The zero-order valence-corrected chi connectivity index (χ0v) is 17.8. The van der Waals surface area contributed by atoms with Gasteiger partial charge in [0.25, 0.3) is 0 Å². The SMILES string of the molecule is CCNC(=NCC(O)c1cc(OC)ccc1OC)NCCSC.I. The van der Waals surface area contributed by atoms with Gasteiger partial charge in [-0.25, -0.2) is 0 Å². The van der Waals surface area contributed by atoms with Crippen LogP contribution in [-0.4, -0.2) is 56.9 Å². The maximum atomic E-state index is 10.4. The lowest BCUT2D eigenvalue weighted by atomic mass is 10.1. The Labute approximate surface area is 165 Å². The molecule has 0 fully saturated rings. The minimum absolute atomic E-state index is 0. The van der Waals surface area contributed by atoms with Gasteiger partial charge in [-0.2, -0.15) is 11.8 Å². The van der Waals surface area contributed by atoms with Crippen LogP contribution >= 0.6 is 35.7 Å². The maximum absolute atomic E-state index is 10.4. The first-order valence-corrected chi connectivity index (χ1v) is 8.96. The van der Waals surface area contributed by atoms with Crippen LogP contribution in [0.15, 0.2) is 23.2 Å². The van der Waals surface area contributed by atoms with E-state index in [4.69, 9.17) is 9.47 Å². The maximum Gasteiger partial charge on any atom is 0.191 e. The van der Waals surface area contributed by atoms with E-state index < -0.39 is 6.10 Å². The predicted molar refractivity (Wildman–Crippen MR) is 112 cm³/mol. The highest BCUT2D eigenvalue weighted by Crippen LogP contribution is 2.29. The average Bonchev–Trinajstić information content (AvgIpc) is 2.58. The van der Waals surface area contributed by atoms with E-state index in [9.17, 15) is 5.11 Å². The molecule has 0 aromatic heterocycles. The van der Waals surface area contributed by atoms with Crippen LogP contribution < -0.4 is 20.1 Å². The number of nitrogens with one attached hydrogen (secondary N) is 2. The summed E-state index contributed by atoms with van der Waals surface area (Å²) >= 11 is 1.77. The van der Waals surface area contributed by atoms with Crippen LogP contribution in [0.4, 0.5) is 0 Å². The quantitative estimate of drug-likeness (QED) is 0.223. The van der Waals surface area contributed by atoms with Gasteiger partial charge in [-0.15, -0.1) is 24.0 Å². The number of ether oxygens (including phenoxy) is 2. The Kier molecular flexibility index (Phi) is 12.9. The summed E-state index contributed by atoms with van der Waals surface area (Å²) in [5.74, 6) is 2.99. The molecule has 1 aromatic rings. The fourth-order valence-corrected chi connectivity index (χ4v) is 2.30. The summed E-state index contributed by atoms with van der Waals surface area (Å²) in [5, 5.41) is 16.8. The smallest absolute Gasteiger partial charge is 0.191 e. The van der Waals surface area contributed by atoms with E-state index >= 15 is 0 Å². The van der Waals surface area contributed by atoms with Gasteiger partial charge in [0.1, 0.15) is 17.6 Å². The number of halogens is 1. The summed E-state index contributed by atoms with van der Waals surface area (Å²) in [7, 11) is 3.17. The third-order valence-corrected chi connectivity index (χ3v) is 3.77. The first-order chi connectivity index (χ1) is 11.2. The number of aliphatic imine (C=N–C) groups is 1. The van der Waals surface area contributed by atoms with Crippen molar-refractivity contribution >= 4 is 41.7 Å². The van der Waals surface area contributed by atoms with Gasteiger partial charge in [0, 0.05) is 24.4 Å². The second-order valence-corrected chi connectivity index (χ2v) is 5.75. The van der Waals surface area contributed by atoms with E-state index in [1.54, 1.807) is 44.2 Å². The predicted octanol–water partition coefficient (Wildman–Crippen LogP) is 2.27. The molecule has 0 aliphatic carbocycles. The molecule has 0 saturated carbocycles. The van der Waals surface area contributed by atoms with Crippen molar-refractivity contribution in [3.05, 3.63) is 23.8 Å². The summed E-state index contributed by atoms with van der Waals surface area (Å²) in [6.45, 7) is 3.83. The minimum atomic E-state index is -0.768. The summed E-state index contributed by atoms with van der Waals surface area (Å²) < 4.78 is 10.5. The molecule has 24 heavy (non-hydrogen) atoms. The zero-order chi connectivity index (χ0) is 17.1. The van der Waals surface area contributed by atoms with Crippen LogP contribution in [0.1, 0.15) is 18.6 Å². The van der Waals surface area contributed by atoms with Crippen LogP contribution in [0, 0.1) is 0 Å². The molecule has 1 aromatic carbocycles. The van der Waals surface area contributed by atoms with Crippen molar-refractivity contribution in [3.63, 3.8) is 0 Å². The van der Waals surface area contributed by atoms with E-state index in [-0.39, 0.29) is 30.5 Å². The third kappa shape index (κ3) is 7.80. The number of thioether (sulfide) groups is 1. The first-order valence-electron chi connectivity index (χ1n) is 7.57. The number of rotatable bonds is 9. The molecule has 1 atom stereocenters. The van der Waals surface area contributed by atoms with Crippen LogP contribution in [0.3, 0.4) is 0 Å². The van der Waals surface area contributed by atoms with Crippen molar-refractivity contribution < 1.29 is 14.6 Å². The highest BCUT2D eigenvalue weighted by molar-refractivity contribution is 14.0. The Bertz CT molecular complexity index is 503. The molecule has 0 radical (unpaired) electrons. The Morgan fingerprint density at radius 3 is 2.62 bits per heavy atom. The molecule has 0 amide bonds. The molecule has 0 aliphatic rings. The Morgan fingerprint density at radius 2 is 2.04 bits per heavy atom. The van der Waals surface area contributed by atoms with Crippen molar-refractivity contribution in [1.82, 2.24) is 10.6 Å². The topological polar surface area (TPSA) is 75.1 Å². The Balaban J connectivity index is 0.00000529. The van der Waals surface area contributed by atoms with E-state index in [0.717, 1.165) is 18.8 Å². The van der Waals surface area contributed by atoms with E-state index in [0.29, 0.717) is 23.0 Å². The largest absolute Gasteiger partial charge is 0.497 e. The Morgan fingerprint density at radius 1 is 1.29 bits per heavy atom. The average molecular weight is 469 g/mol. The molecule has 1 unspecified atom stereocenters. The standard InChI is InChI=1S/C16H27N3O3S.HI/c1-5-17-16(18-8-9-23-4)19-11-14(20)13-10-12(21-2)6-7-15(13)22-3;/h6-7,10,14,20H,5,8-9,11H2,1-4H3,(H2,17,18,19);1H. The fraction of sp³-hybridized carbons (Fsp3) is 0.562. The fourth-order valence-electron chi connectivity index (χ4n) is 1.99. The molecule has 138 valence electrons. The lowest BCUT2D eigenvalue weighted by molar-refractivity contribution is 0.182. The second-order valence-electron chi connectivity index (χ2n) is 4.76. The molecule has 0 aliphatic heterocycles. The number of benzene rings is 1. The zero-order valence-electron chi connectivity index (χ0n) is 14.7. The summed E-state index contributed by atoms with van der Waals surface area (Å²) in [6.07, 6.45) is 1.29. The lowest BCUT2D eigenvalue weighted by Crippen LogP contribution is -2.38. The van der Waals surface area contributed by atoms with Crippen LogP contribution in [-0.2, 0) is 0 Å². The molecule has 6 nitrogen and oxygen atoms in total. The molecule has 0 saturated heterocycles. The van der Waals surface area contributed by atoms with Gasteiger partial charge < -0.3 is 25.2 Å². The Hall–Kier alpha value is -0.870. The number of nitrogens with zero attached hydrogens (tertiary/aromatic N) is 1. The highest BCUT2D eigenvalue weighted by Gasteiger charge is 2.14. The lowest BCUT2D eigenvalue weighted by Gasteiger charge is -2.16. The molecule has 1 rings (SSSR count). The summed E-state index contributed by atoms with van der Waals surface area (Å²) in [6, 6.07) is 5.35. The van der Waals surface area contributed by atoms with Crippen LogP contribution in [0.5, 0.6) is 11.5 Å². The molecular weight excluding hydrogens is 441 g/mol. The number of aliphatic hydroxyl groups excluding tert-OH is 1. The normalized spacial score (nSPS) is 12.1. The van der Waals surface area contributed by atoms with Crippen molar-refractivity contribution in [2.75, 3.05) is 45.9 Å². The van der Waals surface area contributed by atoms with Crippen molar-refractivity contribution in [2.24, 2.45) is 4.99 Å². The van der Waals surface area contributed by atoms with E-state index in [1.165, 1.54) is 0 Å². The second kappa shape index (κ2) is 13.4. The summed E-state index contributed by atoms with van der Waals surface area (Å²) in [4.78, 5) is 4.43. The van der Waals surface area contributed by atoms with Crippen LogP contribution in [0.2, 0.25) is 0 Å². The van der Waals surface area contributed by atoms with E-state index in [1.807, 2.05) is 6.92 Å². The number of hydrogen-bond donors (Lipinski definition) is 3. The minimum Gasteiger partial charge on any atom is -0.497 e. The highest BCUT2D eigenvalue weighted by atomic mass is 127. The number of methoxy groups -OCH3 is 2. The van der Waals surface area contributed by atoms with Gasteiger partial charge in [-0.1, -0.05) is 0 Å². The molecule has 8 heteroatoms. The van der Waals surface area contributed by atoms with Gasteiger partial charge in [-0.3, -0.25) is 4.99 Å². The summed E-state index contributed by atoms with van der Waals surface area (Å²) in [5.41, 5.74) is 0.663. The number of guanidine groups is 1. The van der Waals surface area contributed by atoms with E-state index in [2.05, 4.69) is 21.9 Å². The van der Waals surface area contributed by atoms with Gasteiger partial charge in [-0.05, 0) is 31.4 Å². The molecular formula is C16H28IN3O3S. The number of aliphatic hydroxyl groups is 1. The molecule has 0 bridgehead atoms. The molecule has 3 N–H and O–H groups in total. The molecule has 0 heterocycles. The monoisotopic (exact) mass is 469 g/mol.